The molecule has 1 atom stereocenters. The van der Waals surface area contributed by atoms with Crippen LogP contribution in [0.15, 0.2) is 72.8 Å². The first kappa shape index (κ1) is 21.7. The van der Waals surface area contributed by atoms with Gasteiger partial charge in [-0.1, -0.05) is 42.5 Å². The second-order valence-corrected chi connectivity index (χ2v) is 6.71. The summed E-state index contributed by atoms with van der Waals surface area (Å²) in [7, 11) is 3.06. The van der Waals surface area contributed by atoms with Gasteiger partial charge in [-0.25, -0.2) is 0 Å². The van der Waals surface area contributed by atoms with E-state index in [1.54, 1.807) is 25.3 Å². The number of ether oxygens (including phenoxy) is 3. The van der Waals surface area contributed by atoms with Crippen molar-refractivity contribution in [3.8, 4) is 17.2 Å². The normalized spacial score (nSPS) is 11.3. The van der Waals surface area contributed by atoms with Gasteiger partial charge in [-0.3, -0.25) is 9.59 Å². The number of benzene rings is 3. The van der Waals surface area contributed by atoms with Crippen molar-refractivity contribution in [1.82, 2.24) is 5.32 Å². The van der Waals surface area contributed by atoms with Crippen molar-refractivity contribution < 1.29 is 23.8 Å². The van der Waals surface area contributed by atoms with E-state index in [0.29, 0.717) is 17.1 Å². The molecule has 160 valence electrons. The molecule has 3 aromatic rings. The highest BCUT2D eigenvalue weighted by molar-refractivity contribution is 5.95. The largest absolute Gasteiger partial charge is 0.497 e. The molecule has 0 aliphatic rings. The maximum absolute atomic E-state index is 13.1. The molecular formula is C24H24N2O5. The van der Waals surface area contributed by atoms with Crippen LogP contribution in [0.3, 0.4) is 0 Å². The minimum absolute atomic E-state index is 0.282. The first-order chi connectivity index (χ1) is 15.0. The summed E-state index contributed by atoms with van der Waals surface area (Å²) in [5, 5.41) is 3.07. The number of hydrogen-bond acceptors (Lipinski definition) is 5. The molecule has 0 radical (unpaired) electrons. The molecular weight excluding hydrogens is 396 g/mol. The molecule has 0 aliphatic carbocycles. The Hall–Kier alpha value is -4.00. The Morgan fingerprint density at radius 2 is 1.55 bits per heavy atom. The van der Waals surface area contributed by atoms with E-state index in [1.807, 2.05) is 54.6 Å². The lowest BCUT2D eigenvalue weighted by molar-refractivity contribution is -0.119. The van der Waals surface area contributed by atoms with Crippen molar-refractivity contribution in [2.75, 3.05) is 20.8 Å². The SMILES string of the molecule is COc1ccc(C(NC(=O)c2ccc(OCC(N)=O)c(OC)c2)c2ccccc2)cc1. The van der Waals surface area contributed by atoms with Crippen molar-refractivity contribution in [2.24, 2.45) is 5.73 Å². The molecule has 0 saturated carbocycles. The van der Waals surface area contributed by atoms with Gasteiger partial charge in [0.25, 0.3) is 11.8 Å². The van der Waals surface area contributed by atoms with E-state index < -0.39 is 5.91 Å². The van der Waals surface area contributed by atoms with Gasteiger partial charge in [0.1, 0.15) is 5.75 Å². The van der Waals surface area contributed by atoms with Crippen molar-refractivity contribution in [2.45, 2.75) is 6.04 Å². The van der Waals surface area contributed by atoms with Crippen LogP contribution >= 0.6 is 0 Å². The molecule has 0 bridgehead atoms. The Kier molecular flexibility index (Phi) is 7.11. The second kappa shape index (κ2) is 10.2. The number of methoxy groups -OCH3 is 2. The van der Waals surface area contributed by atoms with Crippen LogP contribution in [0.5, 0.6) is 17.2 Å². The van der Waals surface area contributed by atoms with Crippen LogP contribution in [0.25, 0.3) is 0 Å². The molecule has 0 spiro atoms. The first-order valence-electron chi connectivity index (χ1n) is 9.60. The van der Waals surface area contributed by atoms with Crippen LogP contribution in [0.4, 0.5) is 0 Å². The molecule has 0 aromatic heterocycles. The number of nitrogens with one attached hydrogen (secondary N) is 1. The van der Waals surface area contributed by atoms with Gasteiger partial charge in [0, 0.05) is 5.56 Å². The summed E-state index contributed by atoms with van der Waals surface area (Å²) in [6.07, 6.45) is 0. The Labute approximate surface area is 180 Å². The van der Waals surface area contributed by atoms with Gasteiger partial charge in [-0.05, 0) is 41.5 Å². The predicted octanol–water partition coefficient (Wildman–Crippen LogP) is 3.09. The smallest absolute Gasteiger partial charge is 0.255 e. The highest BCUT2D eigenvalue weighted by Crippen LogP contribution is 2.29. The van der Waals surface area contributed by atoms with Gasteiger partial charge in [0.2, 0.25) is 0 Å². The molecule has 7 heteroatoms. The lowest BCUT2D eigenvalue weighted by Crippen LogP contribution is -2.29. The van der Waals surface area contributed by atoms with E-state index in [9.17, 15) is 9.59 Å². The summed E-state index contributed by atoms with van der Waals surface area (Å²) in [6, 6.07) is 21.6. The standard InChI is InChI=1S/C24H24N2O5/c1-29-19-11-8-17(9-12-19)23(16-6-4-3-5-7-16)26-24(28)18-10-13-20(21(14-18)30-2)31-15-22(25)27/h3-14,23H,15H2,1-2H3,(H2,25,27)(H,26,28). The fourth-order valence-electron chi connectivity index (χ4n) is 3.09. The van der Waals surface area contributed by atoms with Gasteiger partial charge >= 0.3 is 0 Å². The van der Waals surface area contributed by atoms with Crippen LogP contribution in [0.1, 0.15) is 27.5 Å². The molecule has 0 aliphatic heterocycles. The van der Waals surface area contributed by atoms with Crippen LogP contribution in [-0.2, 0) is 4.79 Å². The number of amides is 2. The fraction of sp³-hybridized carbons (Fsp3) is 0.167. The van der Waals surface area contributed by atoms with Crippen LogP contribution in [-0.4, -0.2) is 32.6 Å². The van der Waals surface area contributed by atoms with E-state index >= 15 is 0 Å². The van der Waals surface area contributed by atoms with Gasteiger partial charge in [-0.2, -0.15) is 0 Å². The number of hydrogen-bond donors (Lipinski definition) is 2. The summed E-state index contributed by atoms with van der Waals surface area (Å²) in [6.45, 7) is -0.282. The zero-order chi connectivity index (χ0) is 22.2. The molecule has 7 nitrogen and oxygen atoms in total. The minimum atomic E-state index is -0.603. The third-order valence-corrected chi connectivity index (χ3v) is 4.65. The average molecular weight is 420 g/mol. The summed E-state index contributed by atoms with van der Waals surface area (Å²) in [5.74, 6) is 0.499. The quantitative estimate of drug-likeness (QED) is 0.554. The van der Waals surface area contributed by atoms with Crippen molar-refractivity contribution in [3.05, 3.63) is 89.5 Å². The maximum Gasteiger partial charge on any atom is 0.255 e. The van der Waals surface area contributed by atoms with E-state index in [4.69, 9.17) is 19.9 Å². The molecule has 2 amide bonds. The Balaban J connectivity index is 1.87. The monoisotopic (exact) mass is 420 g/mol. The lowest BCUT2D eigenvalue weighted by atomic mass is 9.98. The summed E-state index contributed by atoms with van der Waals surface area (Å²) >= 11 is 0. The highest BCUT2D eigenvalue weighted by Gasteiger charge is 2.19. The number of rotatable bonds is 9. The molecule has 0 heterocycles. The van der Waals surface area contributed by atoms with Gasteiger partial charge in [0.05, 0.1) is 20.3 Å². The lowest BCUT2D eigenvalue weighted by Gasteiger charge is -2.20. The maximum atomic E-state index is 13.1. The topological polar surface area (TPSA) is 99.9 Å². The molecule has 0 fully saturated rings. The number of carbonyl (C=O) groups excluding carboxylic acids is 2. The Morgan fingerprint density at radius 1 is 0.871 bits per heavy atom. The summed E-state index contributed by atoms with van der Waals surface area (Å²) in [4.78, 5) is 24.0. The van der Waals surface area contributed by atoms with E-state index in [0.717, 1.165) is 16.9 Å². The number of nitrogens with two attached hydrogens (primary N) is 1. The van der Waals surface area contributed by atoms with Crippen LogP contribution < -0.4 is 25.3 Å². The highest BCUT2D eigenvalue weighted by atomic mass is 16.5. The molecule has 3 aromatic carbocycles. The molecule has 3 rings (SSSR count). The van der Waals surface area contributed by atoms with Crippen molar-refractivity contribution in [1.29, 1.82) is 0 Å². The third kappa shape index (κ3) is 5.54. The van der Waals surface area contributed by atoms with E-state index in [2.05, 4.69) is 5.32 Å². The second-order valence-electron chi connectivity index (χ2n) is 6.71. The number of carbonyl (C=O) groups is 2. The Morgan fingerprint density at radius 3 is 2.16 bits per heavy atom. The van der Waals surface area contributed by atoms with Gasteiger partial charge < -0.3 is 25.3 Å². The van der Waals surface area contributed by atoms with Gasteiger partial charge in [0.15, 0.2) is 18.1 Å². The molecule has 1 unspecified atom stereocenters. The third-order valence-electron chi connectivity index (χ3n) is 4.65. The number of primary amides is 1. The summed E-state index contributed by atoms with van der Waals surface area (Å²) in [5.41, 5.74) is 7.35. The molecule has 3 N–H and O–H groups in total. The van der Waals surface area contributed by atoms with Crippen molar-refractivity contribution >= 4 is 11.8 Å². The predicted molar refractivity (Wildman–Crippen MR) is 116 cm³/mol. The minimum Gasteiger partial charge on any atom is -0.497 e. The zero-order valence-corrected chi connectivity index (χ0v) is 17.3. The van der Waals surface area contributed by atoms with E-state index in [-0.39, 0.29) is 18.6 Å². The Bertz CT molecular complexity index is 1040. The van der Waals surface area contributed by atoms with E-state index in [1.165, 1.54) is 7.11 Å². The average Bonchev–Trinajstić information content (AvgIpc) is 2.81. The van der Waals surface area contributed by atoms with Gasteiger partial charge in [-0.15, -0.1) is 0 Å². The zero-order valence-electron chi connectivity index (χ0n) is 17.3. The fourth-order valence-corrected chi connectivity index (χ4v) is 3.09. The first-order valence-corrected chi connectivity index (χ1v) is 9.60. The molecule has 0 saturated heterocycles. The van der Waals surface area contributed by atoms with Crippen LogP contribution in [0, 0.1) is 0 Å². The van der Waals surface area contributed by atoms with Crippen LogP contribution in [0.2, 0.25) is 0 Å². The van der Waals surface area contributed by atoms with Crippen molar-refractivity contribution in [3.63, 3.8) is 0 Å². The summed E-state index contributed by atoms with van der Waals surface area (Å²) < 4.78 is 15.9. The molecule has 31 heavy (non-hydrogen) atoms.